The first-order valence-corrected chi connectivity index (χ1v) is 8.12. The lowest BCUT2D eigenvalue weighted by atomic mass is 10.0. The smallest absolute Gasteiger partial charge is 0.240 e. The molecule has 1 rings (SSSR count). The van der Waals surface area contributed by atoms with Crippen molar-refractivity contribution >= 4 is 27.3 Å². The van der Waals surface area contributed by atoms with Gasteiger partial charge in [0.1, 0.15) is 6.04 Å². The van der Waals surface area contributed by atoms with Gasteiger partial charge in [0.25, 0.3) is 0 Å². The van der Waals surface area contributed by atoms with E-state index >= 15 is 0 Å². The van der Waals surface area contributed by atoms with Crippen molar-refractivity contribution in [3.63, 3.8) is 0 Å². The zero-order valence-corrected chi connectivity index (χ0v) is 13.2. The van der Waals surface area contributed by atoms with E-state index in [4.69, 9.17) is 11.5 Å². The Hall–Kier alpha value is -1.80. The molecule has 1 aromatic carbocycles. The molecular weight excluding hydrogens is 292 g/mol. The number of benzene rings is 1. The molecule has 118 valence electrons. The SMILES string of the molecule is CCNS(=O)(=O)c1ccc(N)c(NC(C(N)=O)C(C)C)c1. The Kier molecular flexibility index (Phi) is 5.56. The van der Waals surface area contributed by atoms with Crippen LogP contribution in [0.15, 0.2) is 23.1 Å². The number of anilines is 2. The number of hydrogen-bond acceptors (Lipinski definition) is 5. The monoisotopic (exact) mass is 314 g/mol. The van der Waals surface area contributed by atoms with Gasteiger partial charge in [0.2, 0.25) is 15.9 Å². The molecule has 1 unspecified atom stereocenters. The van der Waals surface area contributed by atoms with Gasteiger partial charge in [0, 0.05) is 6.54 Å². The Labute approximate surface area is 125 Å². The molecule has 7 nitrogen and oxygen atoms in total. The molecule has 1 atom stereocenters. The highest BCUT2D eigenvalue weighted by molar-refractivity contribution is 7.89. The molecule has 1 amide bonds. The van der Waals surface area contributed by atoms with Crippen molar-refractivity contribution in [2.24, 2.45) is 11.7 Å². The number of nitrogens with one attached hydrogen (secondary N) is 2. The first-order valence-electron chi connectivity index (χ1n) is 6.64. The van der Waals surface area contributed by atoms with Crippen LogP contribution in [0, 0.1) is 5.92 Å². The minimum Gasteiger partial charge on any atom is -0.397 e. The summed E-state index contributed by atoms with van der Waals surface area (Å²) in [6.45, 7) is 5.64. The number of carbonyl (C=O) groups is 1. The summed E-state index contributed by atoms with van der Waals surface area (Å²) in [5, 5.41) is 2.91. The molecule has 0 saturated heterocycles. The van der Waals surface area contributed by atoms with Crippen molar-refractivity contribution in [2.75, 3.05) is 17.6 Å². The van der Waals surface area contributed by atoms with Gasteiger partial charge in [-0.1, -0.05) is 20.8 Å². The highest BCUT2D eigenvalue weighted by Crippen LogP contribution is 2.24. The van der Waals surface area contributed by atoms with E-state index in [1.54, 1.807) is 6.92 Å². The average Bonchev–Trinajstić information content (AvgIpc) is 2.36. The van der Waals surface area contributed by atoms with E-state index in [0.717, 1.165) is 0 Å². The summed E-state index contributed by atoms with van der Waals surface area (Å²) >= 11 is 0. The van der Waals surface area contributed by atoms with Gasteiger partial charge in [-0.05, 0) is 24.1 Å². The van der Waals surface area contributed by atoms with Crippen molar-refractivity contribution in [1.82, 2.24) is 4.72 Å². The Bertz CT molecular complexity index is 614. The number of amides is 1. The number of carbonyl (C=O) groups excluding carboxylic acids is 1. The number of nitrogens with two attached hydrogens (primary N) is 2. The van der Waals surface area contributed by atoms with Crippen LogP contribution in [0.4, 0.5) is 11.4 Å². The fourth-order valence-electron chi connectivity index (χ4n) is 1.83. The maximum absolute atomic E-state index is 12.0. The summed E-state index contributed by atoms with van der Waals surface area (Å²) in [4.78, 5) is 11.5. The molecule has 0 aliphatic carbocycles. The standard InChI is InChI=1S/C13H22N4O3S/c1-4-16-21(19,20)9-5-6-10(14)11(7-9)17-12(8(2)3)13(15)18/h5-8,12,16-17H,4,14H2,1-3H3,(H2,15,18). The predicted molar refractivity (Wildman–Crippen MR) is 83.2 cm³/mol. The Morgan fingerprint density at radius 3 is 2.43 bits per heavy atom. The summed E-state index contributed by atoms with van der Waals surface area (Å²) in [6.07, 6.45) is 0. The molecule has 0 heterocycles. The highest BCUT2D eigenvalue weighted by atomic mass is 32.2. The second kappa shape index (κ2) is 6.77. The molecule has 1 aromatic rings. The van der Waals surface area contributed by atoms with Crippen LogP contribution in [0.5, 0.6) is 0 Å². The van der Waals surface area contributed by atoms with Crippen LogP contribution in [0.25, 0.3) is 0 Å². The van der Waals surface area contributed by atoms with Gasteiger partial charge in [-0.3, -0.25) is 4.79 Å². The zero-order valence-electron chi connectivity index (χ0n) is 12.4. The molecule has 8 heteroatoms. The van der Waals surface area contributed by atoms with Crippen LogP contribution < -0.4 is 21.5 Å². The average molecular weight is 314 g/mol. The maximum atomic E-state index is 12.0. The molecule has 0 fully saturated rings. The number of rotatable bonds is 7. The van der Waals surface area contributed by atoms with E-state index in [-0.39, 0.29) is 17.4 Å². The van der Waals surface area contributed by atoms with Crippen LogP contribution in [-0.4, -0.2) is 26.9 Å². The maximum Gasteiger partial charge on any atom is 0.240 e. The molecule has 0 bridgehead atoms. The Morgan fingerprint density at radius 2 is 1.95 bits per heavy atom. The second-order valence-electron chi connectivity index (χ2n) is 5.02. The lowest BCUT2D eigenvalue weighted by molar-refractivity contribution is -0.119. The number of hydrogen-bond donors (Lipinski definition) is 4. The fraction of sp³-hybridized carbons (Fsp3) is 0.462. The molecule has 0 aliphatic rings. The molecule has 0 saturated carbocycles. The minimum absolute atomic E-state index is 0.0593. The van der Waals surface area contributed by atoms with E-state index in [9.17, 15) is 13.2 Å². The number of primary amides is 1. The largest absolute Gasteiger partial charge is 0.397 e. The molecule has 21 heavy (non-hydrogen) atoms. The van der Waals surface area contributed by atoms with Gasteiger partial charge < -0.3 is 16.8 Å². The van der Waals surface area contributed by atoms with Gasteiger partial charge in [-0.25, -0.2) is 13.1 Å². The van der Waals surface area contributed by atoms with Crippen molar-refractivity contribution < 1.29 is 13.2 Å². The quantitative estimate of drug-likeness (QED) is 0.545. The first kappa shape index (κ1) is 17.3. The van der Waals surface area contributed by atoms with E-state index in [1.807, 2.05) is 13.8 Å². The van der Waals surface area contributed by atoms with Crippen LogP contribution in [-0.2, 0) is 14.8 Å². The lowest BCUT2D eigenvalue weighted by Crippen LogP contribution is -2.39. The van der Waals surface area contributed by atoms with Crippen molar-refractivity contribution in [3.05, 3.63) is 18.2 Å². The van der Waals surface area contributed by atoms with Gasteiger partial charge >= 0.3 is 0 Å². The van der Waals surface area contributed by atoms with Crippen molar-refractivity contribution in [1.29, 1.82) is 0 Å². The van der Waals surface area contributed by atoms with E-state index in [2.05, 4.69) is 10.0 Å². The number of sulfonamides is 1. The van der Waals surface area contributed by atoms with Crippen LogP contribution in [0.2, 0.25) is 0 Å². The molecule has 0 radical (unpaired) electrons. The Morgan fingerprint density at radius 1 is 1.33 bits per heavy atom. The third-order valence-electron chi connectivity index (χ3n) is 2.95. The van der Waals surface area contributed by atoms with Crippen LogP contribution in [0.3, 0.4) is 0 Å². The highest BCUT2D eigenvalue weighted by Gasteiger charge is 2.21. The Balaban J connectivity index is 3.17. The summed E-state index contributed by atoms with van der Waals surface area (Å²) < 4.78 is 26.4. The van der Waals surface area contributed by atoms with E-state index in [1.165, 1.54) is 18.2 Å². The molecule has 0 aliphatic heterocycles. The van der Waals surface area contributed by atoms with Crippen LogP contribution in [0.1, 0.15) is 20.8 Å². The van der Waals surface area contributed by atoms with E-state index in [0.29, 0.717) is 11.4 Å². The zero-order chi connectivity index (χ0) is 16.2. The third-order valence-corrected chi connectivity index (χ3v) is 4.50. The molecule has 0 spiro atoms. The van der Waals surface area contributed by atoms with E-state index < -0.39 is 22.0 Å². The second-order valence-corrected chi connectivity index (χ2v) is 6.79. The topological polar surface area (TPSA) is 127 Å². The number of nitrogen functional groups attached to an aromatic ring is 1. The predicted octanol–water partition coefficient (Wildman–Crippen LogP) is 0.489. The summed E-state index contributed by atoms with van der Waals surface area (Å²) in [7, 11) is -3.59. The normalized spacial score (nSPS) is 13.1. The fourth-order valence-corrected chi connectivity index (χ4v) is 2.90. The first-order chi connectivity index (χ1) is 9.69. The van der Waals surface area contributed by atoms with Gasteiger partial charge in [0.05, 0.1) is 16.3 Å². The minimum atomic E-state index is -3.59. The molecule has 0 aromatic heterocycles. The molecular formula is C13H22N4O3S. The van der Waals surface area contributed by atoms with Crippen molar-refractivity contribution in [2.45, 2.75) is 31.7 Å². The van der Waals surface area contributed by atoms with Gasteiger partial charge in [-0.2, -0.15) is 0 Å². The third kappa shape index (κ3) is 4.33. The van der Waals surface area contributed by atoms with Gasteiger partial charge in [0.15, 0.2) is 0 Å². The van der Waals surface area contributed by atoms with Gasteiger partial charge in [-0.15, -0.1) is 0 Å². The van der Waals surface area contributed by atoms with Crippen LogP contribution >= 0.6 is 0 Å². The lowest BCUT2D eigenvalue weighted by Gasteiger charge is -2.21. The molecule has 6 N–H and O–H groups in total. The summed E-state index contributed by atoms with van der Waals surface area (Å²) in [5.74, 6) is -0.583. The van der Waals surface area contributed by atoms with Crippen molar-refractivity contribution in [3.8, 4) is 0 Å². The summed E-state index contributed by atoms with van der Waals surface area (Å²) in [5.41, 5.74) is 11.9. The summed E-state index contributed by atoms with van der Waals surface area (Å²) in [6, 6.07) is 3.65.